The van der Waals surface area contributed by atoms with Gasteiger partial charge in [-0.25, -0.2) is 0 Å². The van der Waals surface area contributed by atoms with Crippen LogP contribution >= 0.6 is 0 Å². The number of benzene rings is 1. The molecule has 0 spiro atoms. The number of aryl methyl sites for hydroxylation is 1. The van der Waals surface area contributed by atoms with Crippen molar-refractivity contribution < 1.29 is 14.3 Å². The summed E-state index contributed by atoms with van der Waals surface area (Å²) in [6.07, 6.45) is 3.71. The van der Waals surface area contributed by atoms with Crippen molar-refractivity contribution in [3.8, 4) is 5.75 Å². The highest BCUT2D eigenvalue weighted by atomic mass is 16.5. The van der Waals surface area contributed by atoms with E-state index in [9.17, 15) is 4.79 Å². The van der Waals surface area contributed by atoms with E-state index in [0.29, 0.717) is 11.3 Å². The fourth-order valence-electron chi connectivity index (χ4n) is 2.71. The van der Waals surface area contributed by atoms with E-state index < -0.39 is 5.60 Å². The number of methoxy groups -OCH3 is 2. The Kier molecular flexibility index (Phi) is 3.71. The number of ketones is 1. The van der Waals surface area contributed by atoms with Gasteiger partial charge in [-0.3, -0.25) is 4.79 Å². The fourth-order valence-corrected chi connectivity index (χ4v) is 2.71. The quantitative estimate of drug-likeness (QED) is 0.768. The summed E-state index contributed by atoms with van der Waals surface area (Å²) in [6.45, 7) is 1.98. The Morgan fingerprint density at radius 3 is 2.44 bits per heavy atom. The highest BCUT2D eigenvalue weighted by Gasteiger charge is 2.42. The maximum atomic E-state index is 12.7. The van der Waals surface area contributed by atoms with Crippen LogP contribution in [0.5, 0.6) is 5.75 Å². The zero-order valence-corrected chi connectivity index (χ0v) is 11.3. The third kappa shape index (κ3) is 2.15. The van der Waals surface area contributed by atoms with Gasteiger partial charge < -0.3 is 9.47 Å². The molecule has 1 aromatic rings. The largest absolute Gasteiger partial charge is 0.496 e. The zero-order chi connectivity index (χ0) is 13.2. The Morgan fingerprint density at radius 1 is 1.22 bits per heavy atom. The molecule has 98 valence electrons. The van der Waals surface area contributed by atoms with Gasteiger partial charge in [-0.05, 0) is 44.7 Å². The molecule has 2 rings (SSSR count). The summed E-state index contributed by atoms with van der Waals surface area (Å²) in [5.74, 6) is 0.692. The van der Waals surface area contributed by atoms with E-state index in [1.165, 1.54) is 0 Å². The standard InChI is InChI=1S/C15H20O3/c1-11-6-7-13(17-2)12(10-11)14(16)15(18-3)8-4-5-9-15/h6-7,10H,4-5,8-9H2,1-3H3. The predicted molar refractivity (Wildman–Crippen MR) is 70.3 cm³/mol. The van der Waals surface area contributed by atoms with Gasteiger partial charge in [-0.15, -0.1) is 0 Å². The minimum atomic E-state index is -0.638. The van der Waals surface area contributed by atoms with E-state index in [4.69, 9.17) is 9.47 Å². The minimum Gasteiger partial charge on any atom is -0.496 e. The number of hydrogen-bond acceptors (Lipinski definition) is 3. The molecule has 3 nitrogen and oxygen atoms in total. The molecule has 0 atom stereocenters. The van der Waals surface area contributed by atoms with Gasteiger partial charge in [-0.2, -0.15) is 0 Å². The lowest BCUT2D eigenvalue weighted by Crippen LogP contribution is -2.38. The molecular weight excluding hydrogens is 228 g/mol. The van der Waals surface area contributed by atoms with E-state index >= 15 is 0 Å². The molecule has 0 saturated heterocycles. The Balaban J connectivity index is 2.41. The zero-order valence-electron chi connectivity index (χ0n) is 11.3. The summed E-state index contributed by atoms with van der Waals surface area (Å²) >= 11 is 0. The van der Waals surface area contributed by atoms with Crippen LogP contribution in [0.15, 0.2) is 18.2 Å². The van der Waals surface area contributed by atoms with Crippen molar-refractivity contribution in [1.82, 2.24) is 0 Å². The third-order valence-electron chi connectivity index (χ3n) is 3.82. The number of hydrogen-bond donors (Lipinski definition) is 0. The summed E-state index contributed by atoms with van der Waals surface area (Å²) < 4.78 is 10.8. The van der Waals surface area contributed by atoms with Crippen molar-refractivity contribution in [2.75, 3.05) is 14.2 Å². The molecule has 0 aliphatic heterocycles. The topological polar surface area (TPSA) is 35.5 Å². The first-order valence-corrected chi connectivity index (χ1v) is 6.37. The minimum absolute atomic E-state index is 0.0584. The molecule has 0 radical (unpaired) electrons. The van der Waals surface area contributed by atoms with Gasteiger partial charge in [-0.1, -0.05) is 11.6 Å². The molecule has 0 aromatic heterocycles. The van der Waals surface area contributed by atoms with Crippen LogP contribution in [0.2, 0.25) is 0 Å². The smallest absolute Gasteiger partial charge is 0.198 e. The molecule has 1 aliphatic carbocycles. The summed E-state index contributed by atoms with van der Waals surface area (Å²) in [5, 5.41) is 0. The normalized spacial score (nSPS) is 17.7. The van der Waals surface area contributed by atoms with Gasteiger partial charge in [0.1, 0.15) is 11.4 Å². The second kappa shape index (κ2) is 5.11. The van der Waals surface area contributed by atoms with Crippen molar-refractivity contribution in [1.29, 1.82) is 0 Å². The number of carbonyl (C=O) groups is 1. The number of rotatable bonds is 4. The SMILES string of the molecule is COc1ccc(C)cc1C(=O)C1(OC)CCCC1. The molecular formula is C15H20O3. The lowest BCUT2D eigenvalue weighted by Gasteiger charge is -2.26. The van der Waals surface area contributed by atoms with Gasteiger partial charge in [0.25, 0.3) is 0 Å². The number of carbonyl (C=O) groups excluding carboxylic acids is 1. The Bertz CT molecular complexity index is 445. The average Bonchev–Trinajstić information content (AvgIpc) is 2.87. The van der Waals surface area contributed by atoms with Gasteiger partial charge >= 0.3 is 0 Å². The van der Waals surface area contributed by atoms with Gasteiger partial charge in [0, 0.05) is 7.11 Å². The van der Waals surface area contributed by atoms with Crippen LogP contribution in [-0.4, -0.2) is 25.6 Å². The molecule has 1 saturated carbocycles. The van der Waals surface area contributed by atoms with Crippen LogP contribution in [0.1, 0.15) is 41.6 Å². The molecule has 0 amide bonds. The van der Waals surface area contributed by atoms with Crippen LogP contribution in [-0.2, 0) is 4.74 Å². The van der Waals surface area contributed by atoms with Gasteiger partial charge in [0.2, 0.25) is 0 Å². The Labute approximate surface area is 108 Å². The summed E-state index contributed by atoms with van der Waals surface area (Å²) in [5.41, 5.74) is 1.06. The van der Waals surface area contributed by atoms with E-state index in [1.807, 2.05) is 25.1 Å². The summed E-state index contributed by atoms with van der Waals surface area (Å²) in [4.78, 5) is 12.7. The van der Waals surface area contributed by atoms with E-state index in [1.54, 1.807) is 14.2 Å². The highest BCUT2D eigenvalue weighted by molar-refractivity contribution is 6.05. The van der Waals surface area contributed by atoms with Crippen molar-refractivity contribution in [3.63, 3.8) is 0 Å². The highest BCUT2D eigenvalue weighted by Crippen LogP contribution is 2.37. The molecule has 18 heavy (non-hydrogen) atoms. The van der Waals surface area contributed by atoms with Crippen molar-refractivity contribution >= 4 is 5.78 Å². The number of ether oxygens (including phenoxy) is 2. The van der Waals surface area contributed by atoms with Crippen molar-refractivity contribution in [2.45, 2.75) is 38.2 Å². The van der Waals surface area contributed by atoms with E-state index in [2.05, 4.69) is 0 Å². The average molecular weight is 248 g/mol. The maximum Gasteiger partial charge on any atom is 0.198 e. The molecule has 1 aliphatic rings. The van der Waals surface area contributed by atoms with Crippen LogP contribution in [0.3, 0.4) is 0 Å². The van der Waals surface area contributed by atoms with Crippen LogP contribution < -0.4 is 4.74 Å². The van der Waals surface area contributed by atoms with E-state index in [0.717, 1.165) is 31.2 Å². The Morgan fingerprint density at radius 2 is 1.89 bits per heavy atom. The van der Waals surface area contributed by atoms with Crippen LogP contribution in [0.25, 0.3) is 0 Å². The third-order valence-corrected chi connectivity index (χ3v) is 3.82. The first kappa shape index (κ1) is 13.1. The molecule has 0 unspecified atom stereocenters. The van der Waals surface area contributed by atoms with Crippen LogP contribution in [0.4, 0.5) is 0 Å². The van der Waals surface area contributed by atoms with Gasteiger partial charge in [0.15, 0.2) is 5.78 Å². The Hall–Kier alpha value is -1.35. The monoisotopic (exact) mass is 248 g/mol. The molecule has 0 heterocycles. The first-order chi connectivity index (χ1) is 8.63. The second-order valence-electron chi connectivity index (χ2n) is 4.94. The molecule has 1 fully saturated rings. The fraction of sp³-hybridized carbons (Fsp3) is 0.533. The molecule has 1 aromatic carbocycles. The lowest BCUT2D eigenvalue weighted by molar-refractivity contribution is 0.00581. The molecule has 3 heteroatoms. The van der Waals surface area contributed by atoms with Crippen LogP contribution in [0, 0.1) is 6.92 Å². The lowest BCUT2D eigenvalue weighted by atomic mass is 9.90. The molecule has 0 bridgehead atoms. The first-order valence-electron chi connectivity index (χ1n) is 6.37. The summed E-state index contributed by atoms with van der Waals surface area (Å²) in [7, 11) is 3.22. The maximum absolute atomic E-state index is 12.7. The van der Waals surface area contributed by atoms with Gasteiger partial charge in [0.05, 0.1) is 12.7 Å². The van der Waals surface area contributed by atoms with E-state index in [-0.39, 0.29) is 5.78 Å². The molecule has 0 N–H and O–H groups in total. The summed E-state index contributed by atoms with van der Waals surface area (Å²) in [6, 6.07) is 5.69. The number of Topliss-reactive ketones (excluding diaryl/α,β-unsaturated/α-hetero) is 1. The predicted octanol–water partition coefficient (Wildman–Crippen LogP) is 3.15. The van der Waals surface area contributed by atoms with Crippen molar-refractivity contribution in [3.05, 3.63) is 29.3 Å². The van der Waals surface area contributed by atoms with Crippen molar-refractivity contribution in [2.24, 2.45) is 0 Å². The second-order valence-corrected chi connectivity index (χ2v) is 4.94.